The molecule has 1 amide bonds. The van der Waals surface area contributed by atoms with E-state index in [4.69, 9.17) is 9.47 Å². The number of benzene rings is 1. The van der Waals surface area contributed by atoms with E-state index < -0.39 is 0 Å². The van der Waals surface area contributed by atoms with Crippen LogP contribution in [0.2, 0.25) is 0 Å². The van der Waals surface area contributed by atoms with Crippen LogP contribution in [0.5, 0.6) is 5.75 Å². The summed E-state index contributed by atoms with van der Waals surface area (Å²) in [6, 6.07) is 7.81. The molecule has 25 heavy (non-hydrogen) atoms. The van der Waals surface area contributed by atoms with E-state index in [1.54, 1.807) is 6.07 Å². The number of carbonyl (C=O) groups excluding carboxylic acids is 1. The van der Waals surface area contributed by atoms with Crippen molar-refractivity contribution in [1.82, 2.24) is 20.4 Å². The summed E-state index contributed by atoms with van der Waals surface area (Å²) in [6.07, 6.45) is 0.919. The predicted molar refractivity (Wildman–Crippen MR) is 92.8 cm³/mol. The lowest BCUT2D eigenvalue weighted by molar-refractivity contribution is 0.0383. The highest BCUT2D eigenvalue weighted by Gasteiger charge is 2.16. The van der Waals surface area contributed by atoms with Crippen LogP contribution in [0.1, 0.15) is 16.1 Å². The summed E-state index contributed by atoms with van der Waals surface area (Å²) in [5.74, 6) is 0.817. The molecule has 1 saturated heterocycles. The fraction of sp³-hybridized carbons (Fsp3) is 0.444. The number of ether oxygens (including phenoxy) is 2. The molecule has 7 heteroatoms. The Hall–Kier alpha value is -2.38. The van der Waals surface area contributed by atoms with Crippen molar-refractivity contribution in [2.45, 2.75) is 6.42 Å². The van der Waals surface area contributed by atoms with E-state index in [1.807, 2.05) is 12.1 Å². The molecule has 3 heterocycles. The molecular formula is C18H22N4O3. The van der Waals surface area contributed by atoms with Crippen molar-refractivity contribution in [3.8, 4) is 17.0 Å². The standard InChI is InChI=1S/C18H22N4O3/c23-18(19-4-5-22-6-9-24-10-7-22)16-12-15(20-21-16)13-1-2-17-14(11-13)3-8-25-17/h1-2,11-12H,3-10H2,(H,19,23)(H,20,21). The SMILES string of the molecule is O=C(NCCN1CCOCC1)c1cc(-c2ccc3c(c2)CCO3)n[nH]1. The fourth-order valence-electron chi connectivity index (χ4n) is 3.18. The van der Waals surface area contributed by atoms with Gasteiger partial charge in [-0.25, -0.2) is 0 Å². The summed E-state index contributed by atoms with van der Waals surface area (Å²) in [5.41, 5.74) is 3.44. The number of nitrogens with one attached hydrogen (secondary N) is 2. The van der Waals surface area contributed by atoms with Gasteiger partial charge in [-0.2, -0.15) is 5.10 Å². The minimum Gasteiger partial charge on any atom is -0.493 e. The van der Waals surface area contributed by atoms with Crippen molar-refractivity contribution in [1.29, 1.82) is 0 Å². The van der Waals surface area contributed by atoms with Gasteiger partial charge in [0, 0.05) is 38.2 Å². The molecule has 0 spiro atoms. The molecule has 2 aliphatic heterocycles. The molecule has 0 unspecified atom stereocenters. The molecule has 0 atom stereocenters. The summed E-state index contributed by atoms with van der Waals surface area (Å²) >= 11 is 0. The second kappa shape index (κ2) is 7.25. The summed E-state index contributed by atoms with van der Waals surface area (Å²) < 4.78 is 10.8. The first kappa shape index (κ1) is 16.1. The molecular weight excluding hydrogens is 320 g/mol. The van der Waals surface area contributed by atoms with Crippen LogP contribution >= 0.6 is 0 Å². The molecule has 0 radical (unpaired) electrons. The minimum atomic E-state index is -0.128. The molecule has 4 rings (SSSR count). The highest BCUT2D eigenvalue weighted by molar-refractivity contribution is 5.93. The highest BCUT2D eigenvalue weighted by atomic mass is 16.5. The maximum absolute atomic E-state index is 12.3. The van der Waals surface area contributed by atoms with Crippen LogP contribution in [-0.4, -0.2) is 67.0 Å². The number of morpholine rings is 1. The van der Waals surface area contributed by atoms with Crippen LogP contribution in [0.15, 0.2) is 24.3 Å². The van der Waals surface area contributed by atoms with Crippen molar-refractivity contribution in [2.75, 3.05) is 46.0 Å². The number of carbonyl (C=O) groups is 1. The normalized spacial score (nSPS) is 17.1. The van der Waals surface area contributed by atoms with Gasteiger partial charge in [-0.3, -0.25) is 14.8 Å². The van der Waals surface area contributed by atoms with Gasteiger partial charge < -0.3 is 14.8 Å². The van der Waals surface area contributed by atoms with E-state index >= 15 is 0 Å². The largest absolute Gasteiger partial charge is 0.493 e. The Morgan fingerprint density at radius 2 is 2.12 bits per heavy atom. The van der Waals surface area contributed by atoms with Crippen molar-refractivity contribution in [2.24, 2.45) is 0 Å². The van der Waals surface area contributed by atoms with Crippen molar-refractivity contribution in [3.63, 3.8) is 0 Å². The zero-order valence-electron chi connectivity index (χ0n) is 14.1. The summed E-state index contributed by atoms with van der Waals surface area (Å²) in [7, 11) is 0. The van der Waals surface area contributed by atoms with Crippen LogP contribution < -0.4 is 10.1 Å². The zero-order valence-corrected chi connectivity index (χ0v) is 14.1. The van der Waals surface area contributed by atoms with E-state index in [2.05, 4.69) is 26.5 Å². The molecule has 2 N–H and O–H groups in total. The average Bonchev–Trinajstić information content (AvgIpc) is 3.31. The number of hydrogen-bond acceptors (Lipinski definition) is 5. The van der Waals surface area contributed by atoms with Gasteiger partial charge in [0.1, 0.15) is 11.4 Å². The molecule has 0 bridgehead atoms. The summed E-state index contributed by atoms with van der Waals surface area (Å²) in [5, 5.41) is 10.1. The molecule has 132 valence electrons. The first-order valence-corrected chi connectivity index (χ1v) is 8.69. The molecule has 0 saturated carbocycles. The highest BCUT2D eigenvalue weighted by Crippen LogP contribution is 2.29. The summed E-state index contributed by atoms with van der Waals surface area (Å²) in [4.78, 5) is 14.6. The molecule has 2 aliphatic rings. The van der Waals surface area contributed by atoms with Gasteiger partial charge >= 0.3 is 0 Å². The summed E-state index contributed by atoms with van der Waals surface area (Å²) in [6.45, 7) is 5.56. The number of nitrogens with zero attached hydrogens (tertiary/aromatic N) is 2. The van der Waals surface area contributed by atoms with Crippen molar-refractivity contribution >= 4 is 5.91 Å². The Bertz CT molecular complexity index is 753. The maximum atomic E-state index is 12.3. The zero-order chi connectivity index (χ0) is 17.1. The Morgan fingerprint density at radius 3 is 3.00 bits per heavy atom. The lowest BCUT2D eigenvalue weighted by Crippen LogP contribution is -2.41. The number of fused-ring (bicyclic) bond motifs is 1. The Kier molecular flexibility index (Phi) is 4.67. The third-order valence-corrected chi connectivity index (χ3v) is 4.62. The smallest absolute Gasteiger partial charge is 0.269 e. The van der Waals surface area contributed by atoms with Gasteiger partial charge in [-0.05, 0) is 29.8 Å². The number of hydrogen-bond donors (Lipinski definition) is 2. The van der Waals surface area contributed by atoms with Gasteiger partial charge in [0.25, 0.3) is 5.91 Å². The lowest BCUT2D eigenvalue weighted by Gasteiger charge is -2.26. The molecule has 7 nitrogen and oxygen atoms in total. The molecule has 0 aliphatic carbocycles. The number of rotatable bonds is 5. The van der Waals surface area contributed by atoms with Crippen molar-refractivity contribution in [3.05, 3.63) is 35.5 Å². The van der Waals surface area contributed by atoms with Crippen LogP contribution in [0.3, 0.4) is 0 Å². The van der Waals surface area contributed by atoms with E-state index in [-0.39, 0.29) is 5.91 Å². The quantitative estimate of drug-likeness (QED) is 0.850. The Morgan fingerprint density at radius 1 is 1.24 bits per heavy atom. The third kappa shape index (κ3) is 3.67. The van der Waals surface area contributed by atoms with E-state index in [0.717, 1.165) is 62.9 Å². The molecule has 1 fully saturated rings. The van der Waals surface area contributed by atoms with E-state index in [0.29, 0.717) is 12.2 Å². The number of aromatic nitrogens is 2. The Balaban J connectivity index is 1.34. The van der Waals surface area contributed by atoms with Crippen molar-refractivity contribution < 1.29 is 14.3 Å². The number of amides is 1. The van der Waals surface area contributed by atoms with Gasteiger partial charge in [0.15, 0.2) is 0 Å². The van der Waals surface area contributed by atoms with Gasteiger partial charge in [0.2, 0.25) is 0 Å². The number of H-pyrrole nitrogens is 1. The van der Waals surface area contributed by atoms with E-state index in [9.17, 15) is 4.79 Å². The Labute approximate surface area is 146 Å². The second-order valence-corrected chi connectivity index (χ2v) is 6.30. The van der Waals surface area contributed by atoms with Crippen LogP contribution in [0, 0.1) is 0 Å². The molecule has 1 aromatic carbocycles. The first-order chi connectivity index (χ1) is 12.3. The lowest BCUT2D eigenvalue weighted by atomic mass is 10.1. The second-order valence-electron chi connectivity index (χ2n) is 6.30. The van der Waals surface area contributed by atoms with Gasteiger partial charge in [-0.1, -0.05) is 0 Å². The topological polar surface area (TPSA) is 79.5 Å². The first-order valence-electron chi connectivity index (χ1n) is 8.69. The van der Waals surface area contributed by atoms with E-state index in [1.165, 1.54) is 5.56 Å². The minimum absolute atomic E-state index is 0.128. The molecule has 2 aromatic rings. The van der Waals surface area contributed by atoms with Crippen LogP contribution in [-0.2, 0) is 11.2 Å². The van der Waals surface area contributed by atoms with Gasteiger partial charge in [0.05, 0.1) is 25.5 Å². The van der Waals surface area contributed by atoms with Crippen LogP contribution in [0.4, 0.5) is 0 Å². The predicted octanol–water partition coefficient (Wildman–Crippen LogP) is 1.07. The number of aromatic amines is 1. The third-order valence-electron chi connectivity index (χ3n) is 4.62. The maximum Gasteiger partial charge on any atom is 0.269 e. The average molecular weight is 342 g/mol. The van der Waals surface area contributed by atoms with Crippen LogP contribution in [0.25, 0.3) is 11.3 Å². The fourth-order valence-corrected chi connectivity index (χ4v) is 3.18. The van der Waals surface area contributed by atoms with Gasteiger partial charge in [-0.15, -0.1) is 0 Å². The molecule has 1 aromatic heterocycles. The monoisotopic (exact) mass is 342 g/mol.